The number of furan rings is 1. The maximum absolute atomic E-state index is 12.0. The van der Waals surface area contributed by atoms with E-state index in [1.165, 1.54) is 24.2 Å². The molecule has 0 aliphatic heterocycles. The third-order valence-corrected chi connectivity index (χ3v) is 5.10. The fourth-order valence-electron chi connectivity index (χ4n) is 2.68. The molecule has 2 rings (SSSR count). The van der Waals surface area contributed by atoms with E-state index in [4.69, 9.17) is 9.52 Å². The van der Waals surface area contributed by atoms with E-state index < -0.39 is 5.97 Å². The van der Waals surface area contributed by atoms with Crippen LogP contribution in [0.3, 0.4) is 0 Å². The van der Waals surface area contributed by atoms with Crippen molar-refractivity contribution in [3.05, 3.63) is 17.9 Å². The van der Waals surface area contributed by atoms with Gasteiger partial charge in [0.1, 0.15) is 0 Å². The molecule has 5 nitrogen and oxygen atoms in total. The minimum atomic E-state index is -1.10. The van der Waals surface area contributed by atoms with Crippen LogP contribution in [-0.2, 0) is 4.79 Å². The second kappa shape index (κ2) is 7.02. The van der Waals surface area contributed by atoms with Crippen molar-refractivity contribution in [2.24, 2.45) is 11.8 Å². The number of thioether (sulfide) groups is 1. The van der Waals surface area contributed by atoms with E-state index >= 15 is 0 Å². The molecule has 1 heterocycles. The summed E-state index contributed by atoms with van der Waals surface area (Å²) in [6.45, 7) is 4.42. The lowest BCUT2D eigenvalue weighted by Gasteiger charge is -2.34. The SMILES string of the molecule is CC1CCCC(NC(=O)CSc2ccc(C(=O)O)o2)C1C. The highest BCUT2D eigenvalue weighted by atomic mass is 32.2. The van der Waals surface area contributed by atoms with Crippen molar-refractivity contribution < 1.29 is 19.1 Å². The molecule has 3 unspecified atom stereocenters. The summed E-state index contributed by atoms with van der Waals surface area (Å²) < 4.78 is 5.11. The molecular weight excluding hydrogens is 290 g/mol. The minimum Gasteiger partial charge on any atom is -0.475 e. The maximum atomic E-state index is 12.0. The standard InChI is InChI=1S/C15H21NO4S/c1-9-4-3-5-11(10(9)2)16-13(17)8-21-14-7-6-12(20-14)15(18)19/h6-7,9-11H,3-5,8H2,1-2H3,(H,16,17)(H,18,19). The highest BCUT2D eigenvalue weighted by molar-refractivity contribution is 7.99. The summed E-state index contributed by atoms with van der Waals surface area (Å²) in [6.07, 6.45) is 3.42. The third-order valence-electron chi connectivity index (χ3n) is 4.19. The van der Waals surface area contributed by atoms with Gasteiger partial charge in [0, 0.05) is 6.04 Å². The van der Waals surface area contributed by atoms with Crippen LogP contribution >= 0.6 is 11.8 Å². The zero-order valence-electron chi connectivity index (χ0n) is 12.3. The van der Waals surface area contributed by atoms with Crippen molar-refractivity contribution in [1.82, 2.24) is 5.32 Å². The number of carboxylic acid groups (broad SMARTS) is 1. The van der Waals surface area contributed by atoms with Crippen molar-refractivity contribution in [2.45, 2.75) is 44.2 Å². The van der Waals surface area contributed by atoms with Crippen LogP contribution in [0, 0.1) is 11.8 Å². The summed E-state index contributed by atoms with van der Waals surface area (Å²) in [5, 5.41) is 12.3. The van der Waals surface area contributed by atoms with Gasteiger partial charge in [0.2, 0.25) is 11.7 Å². The molecule has 1 aromatic rings. The van der Waals surface area contributed by atoms with Gasteiger partial charge in [0.15, 0.2) is 5.09 Å². The van der Waals surface area contributed by atoms with Gasteiger partial charge in [-0.25, -0.2) is 4.79 Å². The Morgan fingerprint density at radius 2 is 2.14 bits per heavy atom. The molecule has 0 spiro atoms. The number of carbonyl (C=O) groups excluding carboxylic acids is 1. The van der Waals surface area contributed by atoms with Gasteiger partial charge in [-0.05, 0) is 30.4 Å². The van der Waals surface area contributed by atoms with Crippen molar-refractivity contribution in [1.29, 1.82) is 0 Å². The smallest absolute Gasteiger partial charge is 0.371 e. The summed E-state index contributed by atoms with van der Waals surface area (Å²) in [5.74, 6) is 0.141. The van der Waals surface area contributed by atoms with Crippen molar-refractivity contribution in [3.63, 3.8) is 0 Å². The predicted octanol–water partition coefficient (Wildman–Crippen LogP) is 3.01. The Morgan fingerprint density at radius 1 is 1.38 bits per heavy atom. The second-order valence-electron chi connectivity index (χ2n) is 5.65. The molecule has 2 N–H and O–H groups in total. The average Bonchev–Trinajstić information content (AvgIpc) is 2.91. The molecule has 1 amide bonds. The Bertz CT molecular complexity index is 514. The predicted molar refractivity (Wildman–Crippen MR) is 80.5 cm³/mol. The molecule has 1 aliphatic rings. The van der Waals surface area contributed by atoms with Crippen LogP contribution in [0.25, 0.3) is 0 Å². The van der Waals surface area contributed by atoms with Crippen LogP contribution in [0.15, 0.2) is 21.6 Å². The molecule has 1 saturated carbocycles. The molecule has 3 atom stereocenters. The van der Waals surface area contributed by atoms with Gasteiger partial charge in [-0.15, -0.1) is 0 Å². The second-order valence-corrected chi connectivity index (χ2v) is 6.63. The first-order valence-corrected chi connectivity index (χ1v) is 8.21. The summed E-state index contributed by atoms with van der Waals surface area (Å²) in [4.78, 5) is 22.7. The van der Waals surface area contributed by atoms with Crippen LogP contribution in [-0.4, -0.2) is 28.8 Å². The van der Waals surface area contributed by atoms with Gasteiger partial charge in [-0.1, -0.05) is 38.5 Å². The molecular formula is C15H21NO4S. The molecule has 0 bridgehead atoms. The van der Waals surface area contributed by atoms with E-state index in [1.807, 2.05) is 0 Å². The molecule has 6 heteroatoms. The van der Waals surface area contributed by atoms with Crippen molar-refractivity contribution >= 4 is 23.6 Å². The fourth-order valence-corrected chi connectivity index (χ4v) is 3.35. The van der Waals surface area contributed by atoms with Crippen LogP contribution in [0.2, 0.25) is 0 Å². The summed E-state index contributed by atoms with van der Waals surface area (Å²) in [7, 11) is 0. The minimum absolute atomic E-state index is 0.0285. The highest BCUT2D eigenvalue weighted by Crippen LogP contribution is 2.29. The Hall–Kier alpha value is -1.43. The molecule has 0 radical (unpaired) electrons. The van der Waals surface area contributed by atoms with Gasteiger partial charge in [-0.3, -0.25) is 4.79 Å². The molecule has 1 fully saturated rings. The summed E-state index contributed by atoms with van der Waals surface area (Å²) >= 11 is 1.22. The van der Waals surface area contributed by atoms with E-state index in [0.29, 0.717) is 16.9 Å². The van der Waals surface area contributed by atoms with Gasteiger partial charge >= 0.3 is 5.97 Å². The summed E-state index contributed by atoms with van der Waals surface area (Å²) in [5.41, 5.74) is 0. The zero-order chi connectivity index (χ0) is 15.4. The highest BCUT2D eigenvalue weighted by Gasteiger charge is 2.28. The number of nitrogens with one attached hydrogen (secondary N) is 1. The third kappa shape index (κ3) is 4.27. The number of amides is 1. The van der Waals surface area contributed by atoms with Gasteiger partial charge in [0.05, 0.1) is 5.75 Å². The molecule has 1 aromatic heterocycles. The van der Waals surface area contributed by atoms with E-state index in [2.05, 4.69) is 19.2 Å². The fraction of sp³-hybridized carbons (Fsp3) is 0.600. The van der Waals surface area contributed by atoms with Crippen LogP contribution in [0.5, 0.6) is 0 Å². The van der Waals surface area contributed by atoms with E-state index in [0.717, 1.165) is 12.8 Å². The summed E-state index contributed by atoms with van der Waals surface area (Å²) in [6, 6.07) is 3.22. The van der Waals surface area contributed by atoms with Gasteiger partial charge in [-0.2, -0.15) is 0 Å². The Morgan fingerprint density at radius 3 is 2.81 bits per heavy atom. The number of aromatic carboxylic acids is 1. The van der Waals surface area contributed by atoms with Crippen LogP contribution < -0.4 is 5.32 Å². The lowest BCUT2D eigenvalue weighted by Crippen LogP contribution is -2.44. The lowest BCUT2D eigenvalue weighted by molar-refractivity contribution is -0.120. The maximum Gasteiger partial charge on any atom is 0.371 e. The van der Waals surface area contributed by atoms with Crippen molar-refractivity contribution in [3.8, 4) is 0 Å². The van der Waals surface area contributed by atoms with Gasteiger partial charge in [0.25, 0.3) is 0 Å². The number of hydrogen-bond acceptors (Lipinski definition) is 4. The quantitative estimate of drug-likeness (QED) is 0.817. The molecule has 0 saturated heterocycles. The first-order valence-electron chi connectivity index (χ1n) is 7.22. The van der Waals surface area contributed by atoms with Gasteiger partial charge < -0.3 is 14.8 Å². The number of hydrogen-bond donors (Lipinski definition) is 2. The lowest BCUT2D eigenvalue weighted by atomic mass is 9.78. The molecule has 1 aliphatic carbocycles. The Labute approximate surface area is 128 Å². The first-order chi connectivity index (χ1) is 9.97. The average molecular weight is 311 g/mol. The normalized spacial score (nSPS) is 25.5. The van der Waals surface area contributed by atoms with Crippen LogP contribution in [0.4, 0.5) is 0 Å². The molecule has 21 heavy (non-hydrogen) atoms. The largest absolute Gasteiger partial charge is 0.475 e. The van der Waals surface area contributed by atoms with E-state index in [9.17, 15) is 9.59 Å². The molecule has 116 valence electrons. The zero-order valence-corrected chi connectivity index (χ0v) is 13.1. The van der Waals surface area contributed by atoms with E-state index in [1.54, 1.807) is 6.07 Å². The number of carboxylic acids is 1. The van der Waals surface area contributed by atoms with Crippen molar-refractivity contribution in [2.75, 3.05) is 5.75 Å². The molecule has 0 aromatic carbocycles. The Balaban J connectivity index is 1.80. The van der Waals surface area contributed by atoms with E-state index in [-0.39, 0.29) is 23.5 Å². The first kappa shape index (κ1) is 15.9. The number of carbonyl (C=O) groups is 2. The monoisotopic (exact) mass is 311 g/mol. The number of rotatable bonds is 5. The topological polar surface area (TPSA) is 79.5 Å². The Kier molecular flexibility index (Phi) is 5.33. The van der Waals surface area contributed by atoms with Crippen LogP contribution in [0.1, 0.15) is 43.7 Å².